The van der Waals surface area contributed by atoms with Crippen LogP contribution in [0.1, 0.15) is 27.0 Å². The summed E-state index contributed by atoms with van der Waals surface area (Å²) in [4.78, 5) is 12.3. The fraction of sp³-hybridized carbons (Fsp3) is 0.188. The molecule has 0 saturated heterocycles. The Bertz CT molecular complexity index is 590. The Kier molecular flexibility index (Phi) is 4.35. The standard InChI is InChI=1S/C16H16ClNO/c1-11-2-5-14(10-15(11)17)16(19)13-6-3-12(4-7-13)8-9-18/h2-7,10H,8-9,18H2,1H3. The molecule has 0 aliphatic heterocycles. The van der Waals surface area contributed by atoms with Crippen LogP contribution in [0, 0.1) is 6.92 Å². The Labute approximate surface area is 118 Å². The first-order chi connectivity index (χ1) is 9.11. The Balaban J connectivity index is 2.25. The summed E-state index contributed by atoms with van der Waals surface area (Å²) in [5.41, 5.74) is 8.89. The first-order valence-electron chi connectivity index (χ1n) is 6.21. The van der Waals surface area contributed by atoms with Crippen LogP contribution in [0.5, 0.6) is 0 Å². The topological polar surface area (TPSA) is 43.1 Å². The SMILES string of the molecule is Cc1ccc(C(=O)c2ccc(CCN)cc2)cc1Cl. The summed E-state index contributed by atoms with van der Waals surface area (Å²) < 4.78 is 0. The number of rotatable bonds is 4. The number of halogens is 1. The van der Waals surface area contributed by atoms with Crippen LogP contribution in [-0.2, 0) is 6.42 Å². The van der Waals surface area contributed by atoms with Gasteiger partial charge in [0.05, 0.1) is 0 Å². The van der Waals surface area contributed by atoms with E-state index in [-0.39, 0.29) is 5.78 Å². The molecule has 0 heterocycles. The van der Waals surface area contributed by atoms with Gasteiger partial charge in [0.25, 0.3) is 0 Å². The van der Waals surface area contributed by atoms with Crippen LogP contribution in [-0.4, -0.2) is 12.3 Å². The lowest BCUT2D eigenvalue weighted by molar-refractivity contribution is 0.103. The van der Waals surface area contributed by atoms with Gasteiger partial charge in [-0.3, -0.25) is 4.79 Å². The number of hydrogen-bond donors (Lipinski definition) is 1. The number of nitrogens with two attached hydrogens (primary N) is 1. The number of ketones is 1. The van der Waals surface area contributed by atoms with E-state index in [0.29, 0.717) is 22.7 Å². The Hall–Kier alpha value is -1.64. The van der Waals surface area contributed by atoms with E-state index in [1.165, 1.54) is 0 Å². The van der Waals surface area contributed by atoms with Crippen LogP contribution in [0.4, 0.5) is 0 Å². The fourth-order valence-electron chi connectivity index (χ4n) is 1.89. The third-order valence-corrected chi connectivity index (χ3v) is 3.49. The lowest BCUT2D eigenvalue weighted by atomic mass is 10.0. The molecule has 98 valence electrons. The van der Waals surface area contributed by atoms with Crippen molar-refractivity contribution in [3.63, 3.8) is 0 Å². The predicted molar refractivity (Wildman–Crippen MR) is 78.8 cm³/mol. The summed E-state index contributed by atoms with van der Waals surface area (Å²) in [7, 11) is 0. The Morgan fingerprint density at radius 3 is 2.32 bits per heavy atom. The molecule has 2 rings (SSSR count). The molecule has 0 spiro atoms. The zero-order valence-electron chi connectivity index (χ0n) is 10.8. The largest absolute Gasteiger partial charge is 0.330 e. The van der Waals surface area contributed by atoms with Crippen molar-refractivity contribution < 1.29 is 4.79 Å². The summed E-state index contributed by atoms with van der Waals surface area (Å²) >= 11 is 6.05. The average molecular weight is 274 g/mol. The maximum atomic E-state index is 12.3. The lowest BCUT2D eigenvalue weighted by Gasteiger charge is -2.05. The quantitative estimate of drug-likeness (QED) is 0.868. The van der Waals surface area contributed by atoms with Crippen molar-refractivity contribution in [2.24, 2.45) is 5.73 Å². The molecule has 2 aromatic carbocycles. The summed E-state index contributed by atoms with van der Waals surface area (Å²) in [5, 5.41) is 0.616. The van der Waals surface area contributed by atoms with Gasteiger partial charge in [0.2, 0.25) is 0 Å². The zero-order valence-corrected chi connectivity index (χ0v) is 11.6. The van der Waals surface area contributed by atoms with E-state index >= 15 is 0 Å². The molecule has 0 saturated carbocycles. The second kappa shape index (κ2) is 6.00. The second-order valence-corrected chi connectivity index (χ2v) is 4.94. The van der Waals surface area contributed by atoms with E-state index in [9.17, 15) is 4.79 Å². The number of aryl methyl sites for hydroxylation is 1. The third-order valence-electron chi connectivity index (χ3n) is 3.08. The highest BCUT2D eigenvalue weighted by atomic mass is 35.5. The van der Waals surface area contributed by atoms with E-state index in [1.54, 1.807) is 12.1 Å². The van der Waals surface area contributed by atoms with Crippen LogP contribution in [0.3, 0.4) is 0 Å². The van der Waals surface area contributed by atoms with E-state index in [2.05, 4.69) is 0 Å². The number of hydrogen-bond acceptors (Lipinski definition) is 2. The molecule has 0 aliphatic rings. The Morgan fingerprint density at radius 2 is 1.74 bits per heavy atom. The van der Waals surface area contributed by atoms with E-state index in [0.717, 1.165) is 17.5 Å². The highest BCUT2D eigenvalue weighted by Crippen LogP contribution is 2.19. The van der Waals surface area contributed by atoms with Crippen LogP contribution in [0.15, 0.2) is 42.5 Å². The number of carbonyl (C=O) groups is 1. The molecular weight excluding hydrogens is 258 g/mol. The molecule has 0 aromatic heterocycles. The van der Waals surface area contributed by atoms with Gasteiger partial charge in [-0.15, -0.1) is 0 Å². The van der Waals surface area contributed by atoms with Gasteiger partial charge in [0.1, 0.15) is 0 Å². The van der Waals surface area contributed by atoms with Crippen molar-refractivity contribution in [3.8, 4) is 0 Å². The highest BCUT2D eigenvalue weighted by Gasteiger charge is 2.10. The molecule has 0 unspecified atom stereocenters. The van der Waals surface area contributed by atoms with Gasteiger partial charge in [-0.05, 0) is 37.1 Å². The van der Waals surface area contributed by atoms with Crippen molar-refractivity contribution in [1.29, 1.82) is 0 Å². The molecule has 19 heavy (non-hydrogen) atoms. The minimum atomic E-state index is -0.0128. The van der Waals surface area contributed by atoms with Crippen LogP contribution < -0.4 is 5.73 Å². The Morgan fingerprint density at radius 1 is 1.11 bits per heavy atom. The fourth-order valence-corrected chi connectivity index (χ4v) is 2.07. The first-order valence-corrected chi connectivity index (χ1v) is 6.59. The van der Waals surface area contributed by atoms with E-state index < -0.39 is 0 Å². The molecule has 2 N–H and O–H groups in total. The smallest absolute Gasteiger partial charge is 0.193 e. The number of carbonyl (C=O) groups excluding carboxylic acids is 1. The minimum Gasteiger partial charge on any atom is -0.330 e. The van der Waals surface area contributed by atoms with E-state index in [1.807, 2.05) is 37.3 Å². The molecular formula is C16H16ClNO. The van der Waals surface area contributed by atoms with Gasteiger partial charge in [0.15, 0.2) is 5.78 Å². The molecule has 0 radical (unpaired) electrons. The zero-order chi connectivity index (χ0) is 13.8. The van der Waals surface area contributed by atoms with Crippen molar-refractivity contribution in [2.75, 3.05) is 6.54 Å². The molecule has 0 atom stereocenters. The maximum Gasteiger partial charge on any atom is 0.193 e. The van der Waals surface area contributed by atoms with Gasteiger partial charge in [-0.25, -0.2) is 0 Å². The van der Waals surface area contributed by atoms with Crippen LogP contribution in [0.2, 0.25) is 5.02 Å². The molecule has 0 fully saturated rings. The summed E-state index contributed by atoms with van der Waals surface area (Å²) in [6, 6.07) is 12.9. The highest BCUT2D eigenvalue weighted by molar-refractivity contribution is 6.31. The van der Waals surface area contributed by atoms with Gasteiger partial charge in [0, 0.05) is 16.1 Å². The maximum absolute atomic E-state index is 12.3. The summed E-state index contributed by atoms with van der Waals surface area (Å²) in [5.74, 6) is -0.0128. The summed E-state index contributed by atoms with van der Waals surface area (Å²) in [6.07, 6.45) is 0.824. The average Bonchev–Trinajstić information content (AvgIpc) is 2.42. The van der Waals surface area contributed by atoms with Crippen molar-refractivity contribution in [3.05, 3.63) is 69.7 Å². The van der Waals surface area contributed by atoms with Gasteiger partial charge in [-0.1, -0.05) is 48.0 Å². The molecule has 0 amide bonds. The van der Waals surface area contributed by atoms with Gasteiger partial charge < -0.3 is 5.73 Å². The first kappa shape index (κ1) is 13.8. The van der Waals surface area contributed by atoms with Gasteiger partial charge in [-0.2, -0.15) is 0 Å². The van der Waals surface area contributed by atoms with E-state index in [4.69, 9.17) is 17.3 Å². The van der Waals surface area contributed by atoms with Crippen molar-refractivity contribution >= 4 is 17.4 Å². The molecule has 3 heteroatoms. The minimum absolute atomic E-state index is 0.0128. The van der Waals surface area contributed by atoms with Crippen molar-refractivity contribution in [1.82, 2.24) is 0 Å². The molecule has 0 bridgehead atoms. The van der Waals surface area contributed by atoms with Gasteiger partial charge >= 0.3 is 0 Å². The molecule has 2 aromatic rings. The number of benzene rings is 2. The molecule has 0 aliphatic carbocycles. The van der Waals surface area contributed by atoms with Crippen molar-refractivity contribution in [2.45, 2.75) is 13.3 Å². The predicted octanol–water partition coefficient (Wildman–Crippen LogP) is 3.38. The second-order valence-electron chi connectivity index (χ2n) is 4.53. The third kappa shape index (κ3) is 3.22. The normalized spacial score (nSPS) is 10.5. The van der Waals surface area contributed by atoms with Crippen LogP contribution >= 0.6 is 11.6 Å². The lowest BCUT2D eigenvalue weighted by Crippen LogP contribution is -2.04. The monoisotopic (exact) mass is 273 g/mol. The molecule has 2 nitrogen and oxygen atoms in total. The van der Waals surface area contributed by atoms with Crippen LogP contribution in [0.25, 0.3) is 0 Å². The summed E-state index contributed by atoms with van der Waals surface area (Å²) in [6.45, 7) is 2.53.